The van der Waals surface area contributed by atoms with Gasteiger partial charge in [-0.25, -0.2) is 0 Å². The van der Waals surface area contributed by atoms with Gasteiger partial charge in [-0.1, -0.05) is 54.1 Å². The minimum atomic E-state index is -0.288. The van der Waals surface area contributed by atoms with Gasteiger partial charge in [-0.2, -0.15) is 0 Å². The van der Waals surface area contributed by atoms with E-state index in [2.05, 4.69) is 5.32 Å². The first-order valence-electron chi connectivity index (χ1n) is 8.21. The van der Waals surface area contributed by atoms with E-state index in [4.69, 9.17) is 5.73 Å². The maximum absolute atomic E-state index is 11.9. The van der Waals surface area contributed by atoms with Crippen molar-refractivity contribution < 1.29 is 9.59 Å². The van der Waals surface area contributed by atoms with Gasteiger partial charge in [0.25, 0.3) is 0 Å². The van der Waals surface area contributed by atoms with Crippen LogP contribution in [0.4, 0.5) is 0 Å². The molecule has 2 aromatic carbocycles. The fourth-order valence-corrected chi connectivity index (χ4v) is 2.39. The standard InChI is InChI=1S/C20H24N2O2/c1-15-2-4-18(5-3-15)14-22-20(24)13-11-17-8-6-16(7-9-17)10-12-19(21)23/h2-9H,10-14H2,1H3,(H2,21,23)(H,22,24). The van der Waals surface area contributed by atoms with E-state index in [1.165, 1.54) is 5.56 Å². The molecule has 4 heteroatoms. The molecule has 0 heterocycles. The van der Waals surface area contributed by atoms with Crippen molar-refractivity contribution in [2.24, 2.45) is 5.73 Å². The summed E-state index contributed by atoms with van der Waals surface area (Å²) in [5.41, 5.74) is 9.66. The summed E-state index contributed by atoms with van der Waals surface area (Å²) >= 11 is 0. The third-order valence-electron chi connectivity index (χ3n) is 3.93. The maximum atomic E-state index is 11.9. The van der Waals surface area contributed by atoms with Gasteiger partial charge in [0.15, 0.2) is 0 Å². The second-order valence-corrected chi connectivity index (χ2v) is 6.05. The Balaban J connectivity index is 1.73. The van der Waals surface area contributed by atoms with Crippen molar-refractivity contribution in [3.63, 3.8) is 0 Å². The number of benzene rings is 2. The van der Waals surface area contributed by atoms with Gasteiger partial charge in [0.2, 0.25) is 11.8 Å². The average molecular weight is 324 g/mol. The van der Waals surface area contributed by atoms with Crippen LogP contribution in [0, 0.1) is 6.92 Å². The Kier molecular flexibility index (Phi) is 6.55. The van der Waals surface area contributed by atoms with Crippen molar-refractivity contribution in [1.82, 2.24) is 5.32 Å². The Labute approximate surface area is 143 Å². The zero-order chi connectivity index (χ0) is 17.4. The van der Waals surface area contributed by atoms with Gasteiger partial charge >= 0.3 is 0 Å². The Bertz CT molecular complexity index is 676. The predicted molar refractivity (Wildman–Crippen MR) is 95.3 cm³/mol. The van der Waals surface area contributed by atoms with Crippen LogP contribution in [-0.4, -0.2) is 11.8 Å². The molecule has 0 radical (unpaired) electrons. The van der Waals surface area contributed by atoms with Crippen LogP contribution >= 0.6 is 0 Å². The predicted octanol–water partition coefficient (Wildman–Crippen LogP) is 2.66. The molecule has 0 saturated carbocycles. The van der Waals surface area contributed by atoms with Crippen LogP contribution in [0.2, 0.25) is 0 Å². The topological polar surface area (TPSA) is 72.2 Å². The molecule has 0 aliphatic heterocycles. The number of carbonyl (C=O) groups excluding carboxylic acids is 2. The average Bonchev–Trinajstić information content (AvgIpc) is 2.58. The summed E-state index contributed by atoms with van der Waals surface area (Å²) in [6.07, 6.45) is 2.19. The molecule has 3 N–H and O–H groups in total. The molecule has 2 amide bonds. The quantitative estimate of drug-likeness (QED) is 0.783. The molecule has 4 nitrogen and oxygen atoms in total. The lowest BCUT2D eigenvalue weighted by molar-refractivity contribution is -0.121. The summed E-state index contributed by atoms with van der Waals surface area (Å²) in [7, 11) is 0. The molecule has 0 bridgehead atoms. The van der Waals surface area contributed by atoms with E-state index in [1.54, 1.807) is 0 Å². The van der Waals surface area contributed by atoms with Gasteiger partial charge in [-0.3, -0.25) is 9.59 Å². The smallest absolute Gasteiger partial charge is 0.220 e. The minimum absolute atomic E-state index is 0.0494. The molecule has 0 aliphatic carbocycles. The molecule has 0 fully saturated rings. The first-order chi connectivity index (χ1) is 11.5. The Morgan fingerprint density at radius 2 is 1.33 bits per heavy atom. The van der Waals surface area contributed by atoms with Crippen LogP contribution < -0.4 is 11.1 Å². The van der Waals surface area contributed by atoms with E-state index in [0.29, 0.717) is 32.2 Å². The molecule has 2 aromatic rings. The highest BCUT2D eigenvalue weighted by Gasteiger charge is 2.03. The van der Waals surface area contributed by atoms with Crippen molar-refractivity contribution in [3.8, 4) is 0 Å². The third-order valence-corrected chi connectivity index (χ3v) is 3.93. The molecule has 0 aliphatic rings. The van der Waals surface area contributed by atoms with E-state index >= 15 is 0 Å². The summed E-state index contributed by atoms with van der Waals surface area (Å²) in [4.78, 5) is 22.7. The van der Waals surface area contributed by atoms with Crippen molar-refractivity contribution in [1.29, 1.82) is 0 Å². The molecule has 0 saturated heterocycles. The number of hydrogen-bond acceptors (Lipinski definition) is 2. The molecule has 126 valence electrons. The van der Waals surface area contributed by atoms with E-state index in [1.807, 2.05) is 55.5 Å². The number of primary amides is 1. The van der Waals surface area contributed by atoms with E-state index in [9.17, 15) is 9.59 Å². The summed E-state index contributed by atoms with van der Waals surface area (Å²) < 4.78 is 0. The third kappa shape index (κ3) is 6.24. The number of aryl methyl sites for hydroxylation is 3. The lowest BCUT2D eigenvalue weighted by Gasteiger charge is -2.07. The van der Waals surface area contributed by atoms with Gasteiger partial charge in [0.05, 0.1) is 0 Å². The van der Waals surface area contributed by atoms with Gasteiger partial charge in [0.1, 0.15) is 0 Å². The second kappa shape index (κ2) is 8.87. The molecule has 2 rings (SSSR count). The Morgan fingerprint density at radius 3 is 1.88 bits per heavy atom. The summed E-state index contributed by atoms with van der Waals surface area (Å²) in [6, 6.07) is 16.1. The van der Waals surface area contributed by atoms with Crippen LogP contribution in [0.15, 0.2) is 48.5 Å². The number of nitrogens with two attached hydrogens (primary N) is 1. The largest absolute Gasteiger partial charge is 0.370 e. The van der Waals surface area contributed by atoms with Gasteiger partial charge in [-0.05, 0) is 36.5 Å². The number of hydrogen-bond donors (Lipinski definition) is 2. The first kappa shape index (κ1) is 17.7. The summed E-state index contributed by atoms with van der Waals surface area (Å²) in [5.74, 6) is -0.238. The zero-order valence-electron chi connectivity index (χ0n) is 14.0. The first-order valence-corrected chi connectivity index (χ1v) is 8.21. The van der Waals surface area contributed by atoms with E-state index < -0.39 is 0 Å². The van der Waals surface area contributed by atoms with Crippen LogP contribution in [0.5, 0.6) is 0 Å². The van der Waals surface area contributed by atoms with Crippen molar-refractivity contribution in [2.75, 3.05) is 0 Å². The lowest BCUT2D eigenvalue weighted by Crippen LogP contribution is -2.22. The van der Waals surface area contributed by atoms with Crippen LogP contribution in [0.3, 0.4) is 0 Å². The maximum Gasteiger partial charge on any atom is 0.220 e. The summed E-state index contributed by atoms with van der Waals surface area (Å²) in [6.45, 7) is 2.60. The number of carbonyl (C=O) groups is 2. The molecule has 24 heavy (non-hydrogen) atoms. The second-order valence-electron chi connectivity index (χ2n) is 6.05. The Morgan fingerprint density at radius 1 is 0.833 bits per heavy atom. The minimum Gasteiger partial charge on any atom is -0.370 e. The molecular formula is C20H24N2O2. The van der Waals surface area contributed by atoms with Crippen molar-refractivity contribution in [3.05, 3.63) is 70.8 Å². The van der Waals surface area contributed by atoms with Crippen molar-refractivity contribution in [2.45, 2.75) is 39.2 Å². The van der Waals surface area contributed by atoms with Crippen LogP contribution in [0.25, 0.3) is 0 Å². The summed E-state index contributed by atoms with van der Waals surface area (Å²) in [5, 5.41) is 2.94. The highest BCUT2D eigenvalue weighted by Crippen LogP contribution is 2.09. The van der Waals surface area contributed by atoms with Gasteiger partial charge in [0, 0.05) is 19.4 Å². The van der Waals surface area contributed by atoms with Gasteiger partial charge < -0.3 is 11.1 Å². The molecule has 0 unspecified atom stereocenters. The van der Waals surface area contributed by atoms with Crippen LogP contribution in [0.1, 0.15) is 35.1 Å². The highest BCUT2D eigenvalue weighted by atomic mass is 16.1. The lowest BCUT2D eigenvalue weighted by atomic mass is 10.0. The van der Waals surface area contributed by atoms with Crippen molar-refractivity contribution >= 4 is 11.8 Å². The van der Waals surface area contributed by atoms with Crippen LogP contribution in [-0.2, 0) is 29.0 Å². The molecular weight excluding hydrogens is 300 g/mol. The number of amides is 2. The fourth-order valence-electron chi connectivity index (χ4n) is 2.39. The zero-order valence-corrected chi connectivity index (χ0v) is 14.0. The SMILES string of the molecule is Cc1ccc(CNC(=O)CCc2ccc(CCC(N)=O)cc2)cc1. The number of rotatable bonds is 8. The normalized spacial score (nSPS) is 10.4. The van der Waals surface area contributed by atoms with E-state index in [0.717, 1.165) is 16.7 Å². The highest BCUT2D eigenvalue weighted by molar-refractivity contribution is 5.76. The molecule has 0 atom stereocenters. The van der Waals surface area contributed by atoms with Gasteiger partial charge in [-0.15, -0.1) is 0 Å². The molecule has 0 aromatic heterocycles. The Hall–Kier alpha value is -2.62. The molecule has 0 spiro atoms. The number of nitrogens with one attached hydrogen (secondary N) is 1. The fraction of sp³-hybridized carbons (Fsp3) is 0.300. The monoisotopic (exact) mass is 324 g/mol. The van der Waals surface area contributed by atoms with E-state index in [-0.39, 0.29) is 11.8 Å².